The summed E-state index contributed by atoms with van der Waals surface area (Å²) in [6.07, 6.45) is 6.88. The number of nitrogens with zero attached hydrogens (tertiary/aromatic N) is 3. The zero-order valence-corrected chi connectivity index (χ0v) is 28.3. The maximum Gasteiger partial charge on any atom is 0.244 e. The number of piperidine rings is 2. The van der Waals surface area contributed by atoms with E-state index in [4.69, 9.17) is 32.7 Å². The van der Waals surface area contributed by atoms with Crippen LogP contribution >= 0.6 is 23.2 Å². The van der Waals surface area contributed by atoms with E-state index in [1.54, 1.807) is 24.4 Å². The molecule has 2 saturated heterocycles. The number of ether oxygens (including phenoxy) is 2. The van der Waals surface area contributed by atoms with E-state index in [2.05, 4.69) is 39.0 Å². The number of pyridine rings is 1. The van der Waals surface area contributed by atoms with E-state index < -0.39 is 0 Å². The van der Waals surface area contributed by atoms with Crippen molar-refractivity contribution in [2.45, 2.75) is 44.9 Å². The van der Waals surface area contributed by atoms with Gasteiger partial charge < -0.3 is 30.3 Å². The fraction of sp³-hybridized carbons (Fsp3) is 0.324. The smallest absolute Gasteiger partial charge is 0.244 e. The Kier molecular flexibility index (Phi) is 11.0. The summed E-state index contributed by atoms with van der Waals surface area (Å²) in [5.41, 5.74) is 5.17. The van der Waals surface area contributed by atoms with E-state index in [1.807, 2.05) is 42.5 Å². The lowest BCUT2D eigenvalue weighted by atomic mass is 10.0. The van der Waals surface area contributed by atoms with Crippen molar-refractivity contribution in [2.24, 2.45) is 0 Å². The average molecular weight is 686 g/mol. The van der Waals surface area contributed by atoms with Crippen LogP contribution in [0.5, 0.6) is 11.5 Å². The number of carbonyl (C=O) groups excluding carboxylic acids is 1. The zero-order chi connectivity index (χ0) is 33.5. The topological polar surface area (TPSA) is 112 Å². The average Bonchev–Trinajstić information content (AvgIpc) is 3.08. The Balaban J connectivity index is 1.28. The molecule has 2 fully saturated rings. The molecule has 4 aromatic rings. The van der Waals surface area contributed by atoms with Gasteiger partial charge in [-0.2, -0.15) is 5.26 Å². The van der Waals surface area contributed by atoms with Crippen LogP contribution in [0, 0.1) is 11.3 Å². The molecular weight excluding hydrogens is 647 g/mol. The summed E-state index contributed by atoms with van der Waals surface area (Å²) in [5.74, 6) is 1.07. The van der Waals surface area contributed by atoms with Crippen molar-refractivity contribution in [3.05, 3.63) is 99.2 Å². The number of nitriles is 1. The lowest BCUT2D eigenvalue weighted by Gasteiger charge is -2.30. The Hall–Kier alpha value is -4.33. The molecule has 2 aliphatic heterocycles. The van der Waals surface area contributed by atoms with E-state index in [-0.39, 0.29) is 18.6 Å². The van der Waals surface area contributed by atoms with Crippen LogP contribution in [0.3, 0.4) is 0 Å². The molecule has 6 rings (SSSR count). The number of halogens is 2. The minimum absolute atomic E-state index is 0.0580. The third-order valence-electron chi connectivity index (χ3n) is 8.65. The molecule has 1 amide bonds. The normalized spacial score (nSPS) is 15.5. The Bertz CT molecular complexity index is 1860. The molecule has 3 aromatic carbocycles. The molecule has 2 aliphatic rings. The van der Waals surface area contributed by atoms with E-state index in [0.29, 0.717) is 50.6 Å². The summed E-state index contributed by atoms with van der Waals surface area (Å²) in [4.78, 5) is 19.9. The van der Waals surface area contributed by atoms with Crippen molar-refractivity contribution >= 4 is 51.4 Å². The zero-order valence-electron chi connectivity index (χ0n) is 26.8. The van der Waals surface area contributed by atoms with Crippen molar-refractivity contribution in [3.8, 4) is 17.6 Å². The van der Waals surface area contributed by atoms with Gasteiger partial charge in [0.1, 0.15) is 30.3 Å². The Labute approximate surface area is 290 Å². The minimum atomic E-state index is -0.133. The fourth-order valence-corrected chi connectivity index (χ4v) is 6.40. The number of hydrogen-bond donors (Lipinski definition) is 3. The molecule has 11 heteroatoms. The van der Waals surface area contributed by atoms with Gasteiger partial charge >= 0.3 is 0 Å². The van der Waals surface area contributed by atoms with Gasteiger partial charge in [-0.25, -0.2) is 0 Å². The summed E-state index contributed by atoms with van der Waals surface area (Å²) in [6.45, 7) is 4.25. The fourth-order valence-electron chi connectivity index (χ4n) is 5.95. The SMILES string of the molecule is CN1CCC(Oc2cc3ncc(C#N)c(Nc4ccc(OCc5cccc(Cl)c5)c(Cl)c4)c3cc2CNC(=O)C=C2CCNCC2)CC1. The van der Waals surface area contributed by atoms with Crippen molar-refractivity contribution in [3.63, 3.8) is 0 Å². The van der Waals surface area contributed by atoms with Gasteiger partial charge in [-0.1, -0.05) is 40.9 Å². The summed E-state index contributed by atoms with van der Waals surface area (Å²) in [6, 6.07) is 19.0. The number of anilines is 2. The van der Waals surface area contributed by atoms with Gasteiger partial charge in [0.25, 0.3) is 0 Å². The highest BCUT2D eigenvalue weighted by Crippen LogP contribution is 2.36. The molecule has 3 N–H and O–H groups in total. The number of rotatable bonds is 10. The molecule has 248 valence electrons. The molecule has 48 heavy (non-hydrogen) atoms. The van der Waals surface area contributed by atoms with Crippen molar-refractivity contribution in [1.29, 1.82) is 5.26 Å². The molecule has 0 atom stereocenters. The first-order valence-electron chi connectivity index (χ1n) is 16.2. The third-order valence-corrected chi connectivity index (χ3v) is 9.18. The number of fused-ring (bicyclic) bond motifs is 1. The summed E-state index contributed by atoms with van der Waals surface area (Å²) < 4.78 is 12.5. The van der Waals surface area contributed by atoms with Gasteiger partial charge in [0.2, 0.25) is 5.91 Å². The van der Waals surface area contributed by atoms with Gasteiger partial charge in [0, 0.05) is 59.6 Å². The standard InChI is InChI=1S/C37H38Cl2N6O3/c1-45-13-9-30(10-14-45)48-35-19-33-31(17-26(35)21-43-36(46)16-24-7-11-41-12-8-24)37(27(20-40)22-42-33)44-29-5-6-34(32(39)18-29)47-23-25-3-2-4-28(38)15-25/h2-6,15-19,22,30,41H,7-14,21,23H2,1H3,(H,42,44)(H,43,46). The molecule has 0 radical (unpaired) electrons. The first kappa shape index (κ1) is 33.6. The Morgan fingerprint density at radius 1 is 1.10 bits per heavy atom. The van der Waals surface area contributed by atoms with Gasteiger partial charge in [0.05, 0.1) is 21.8 Å². The predicted octanol–water partition coefficient (Wildman–Crippen LogP) is 7.13. The minimum Gasteiger partial charge on any atom is -0.490 e. The lowest BCUT2D eigenvalue weighted by molar-refractivity contribution is -0.116. The maximum absolute atomic E-state index is 12.9. The molecular formula is C37H38Cl2N6O3. The van der Waals surface area contributed by atoms with Crippen LogP contribution in [-0.4, -0.2) is 55.1 Å². The van der Waals surface area contributed by atoms with Crippen LogP contribution in [0.4, 0.5) is 11.4 Å². The number of amides is 1. The van der Waals surface area contributed by atoms with Crippen molar-refractivity contribution < 1.29 is 14.3 Å². The molecule has 9 nitrogen and oxygen atoms in total. The number of nitrogens with one attached hydrogen (secondary N) is 3. The Morgan fingerprint density at radius 3 is 2.67 bits per heavy atom. The van der Waals surface area contributed by atoms with Crippen LogP contribution in [0.1, 0.15) is 42.4 Å². The molecule has 0 bridgehead atoms. The summed E-state index contributed by atoms with van der Waals surface area (Å²) in [7, 11) is 2.12. The second kappa shape index (κ2) is 15.7. The summed E-state index contributed by atoms with van der Waals surface area (Å²) in [5, 5.41) is 21.6. The molecule has 0 unspecified atom stereocenters. The first-order valence-corrected chi connectivity index (χ1v) is 16.9. The van der Waals surface area contributed by atoms with Gasteiger partial charge in [-0.15, -0.1) is 0 Å². The van der Waals surface area contributed by atoms with E-state index in [0.717, 1.165) is 73.9 Å². The highest BCUT2D eigenvalue weighted by atomic mass is 35.5. The van der Waals surface area contributed by atoms with Crippen molar-refractivity contribution in [2.75, 3.05) is 38.5 Å². The predicted molar refractivity (Wildman–Crippen MR) is 190 cm³/mol. The van der Waals surface area contributed by atoms with Gasteiger partial charge in [0.15, 0.2) is 0 Å². The molecule has 3 heterocycles. The lowest BCUT2D eigenvalue weighted by Crippen LogP contribution is -2.36. The third kappa shape index (κ3) is 8.57. The summed E-state index contributed by atoms with van der Waals surface area (Å²) >= 11 is 12.7. The highest BCUT2D eigenvalue weighted by molar-refractivity contribution is 6.32. The van der Waals surface area contributed by atoms with Crippen LogP contribution in [0.25, 0.3) is 10.9 Å². The number of benzene rings is 3. The molecule has 0 aliphatic carbocycles. The van der Waals surface area contributed by atoms with Crippen LogP contribution in [0.2, 0.25) is 10.0 Å². The van der Waals surface area contributed by atoms with Crippen molar-refractivity contribution in [1.82, 2.24) is 20.5 Å². The number of hydrogen-bond acceptors (Lipinski definition) is 8. The quantitative estimate of drug-likeness (QED) is 0.151. The number of likely N-dealkylation sites (tertiary alicyclic amines) is 1. The molecule has 0 saturated carbocycles. The van der Waals surface area contributed by atoms with Gasteiger partial charge in [-0.05, 0) is 87.8 Å². The van der Waals surface area contributed by atoms with Crippen LogP contribution in [0.15, 0.2) is 72.4 Å². The number of aromatic nitrogens is 1. The second-order valence-electron chi connectivity index (χ2n) is 12.2. The van der Waals surface area contributed by atoms with E-state index >= 15 is 0 Å². The molecule has 1 aromatic heterocycles. The second-order valence-corrected chi connectivity index (χ2v) is 13.1. The first-order chi connectivity index (χ1) is 23.3. The monoisotopic (exact) mass is 684 g/mol. The Morgan fingerprint density at radius 2 is 1.92 bits per heavy atom. The molecule has 0 spiro atoms. The van der Waals surface area contributed by atoms with Crippen LogP contribution < -0.4 is 25.4 Å². The number of carbonyl (C=O) groups is 1. The highest BCUT2D eigenvalue weighted by Gasteiger charge is 2.21. The van der Waals surface area contributed by atoms with Crippen LogP contribution in [-0.2, 0) is 17.9 Å². The van der Waals surface area contributed by atoms with E-state index in [9.17, 15) is 10.1 Å². The maximum atomic E-state index is 12.9. The largest absolute Gasteiger partial charge is 0.490 e. The van der Waals surface area contributed by atoms with E-state index in [1.165, 1.54) is 0 Å². The van der Waals surface area contributed by atoms with Gasteiger partial charge in [-0.3, -0.25) is 9.78 Å².